The molecule has 1 rings (SSSR count). The van der Waals surface area contributed by atoms with Crippen LogP contribution in [0.5, 0.6) is 0 Å². The van der Waals surface area contributed by atoms with Crippen LogP contribution in [0.1, 0.15) is 33.1 Å². The van der Waals surface area contributed by atoms with Crippen molar-refractivity contribution in [1.82, 2.24) is 5.32 Å². The molecule has 1 atom stereocenters. The lowest BCUT2D eigenvalue weighted by Crippen LogP contribution is -2.29. The van der Waals surface area contributed by atoms with Crippen molar-refractivity contribution < 1.29 is 4.74 Å². The Morgan fingerprint density at radius 3 is 3.08 bits per heavy atom. The van der Waals surface area contributed by atoms with E-state index < -0.39 is 0 Å². The molecule has 0 aromatic heterocycles. The zero-order valence-corrected chi connectivity index (χ0v) is 8.10. The molecule has 0 fully saturated rings. The summed E-state index contributed by atoms with van der Waals surface area (Å²) in [5.41, 5.74) is 1.41. The van der Waals surface area contributed by atoms with E-state index in [2.05, 4.69) is 19.2 Å². The molecular weight excluding hydrogens is 150 g/mol. The molecule has 0 radical (unpaired) electrons. The zero-order chi connectivity index (χ0) is 8.81. The third-order valence-corrected chi connectivity index (χ3v) is 2.22. The Hall–Kier alpha value is -0.500. The highest BCUT2D eigenvalue weighted by Gasteiger charge is 2.10. The summed E-state index contributed by atoms with van der Waals surface area (Å²) in [5.74, 6) is 0. The maximum Gasteiger partial charge on any atom is 0.0876 e. The first kappa shape index (κ1) is 9.59. The van der Waals surface area contributed by atoms with Crippen LogP contribution in [0.2, 0.25) is 0 Å². The number of rotatable bonds is 4. The quantitative estimate of drug-likeness (QED) is 0.695. The van der Waals surface area contributed by atoms with Gasteiger partial charge in [0, 0.05) is 6.04 Å². The highest BCUT2D eigenvalue weighted by molar-refractivity contribution is 5.08. The second-order valence-corrected chi connectivity index (χ2v) is 3.34. The van der Waals surface area contributed by atoms with Crippen LogP contribution >= 0.6 is 0 Å². The molecule has 1 aliphatic heterocycles. The van der Waals surface area contributed by atoms with E-state index in [4.69, 9.17) is 4.74 Å². The molecule has 0 amide bonds. The number of hydrogen-bond acceptors (Lipinski definition) is 2. The molecule has 1 unspecified atom stereocenters. The average Bonchev–Trinajstić information content (AvgIpc) is 2.15. The van der Waals surface area contributed by atoms with E-state index in [1.807, 2.05) is 6.26 Å². The van der Waals surface area contributed by atoms with E-state index in [0.717, 1.165) is 13.2 Å². The van der Waals surface area contributed by atoms with Crippen molar-refractivity contribution >= 4 is 0 Å². The molecule has 1 heterocycles. The van der Waals surface area contributed by atoms with Crippen LogP contribution in [0.4, 0.5) is 0 Å². The summed E-state index contributed by atoms with van der Waals surface area (Å²) in [6.07, 6.45) is 5.48. The fraction of sp³-hybridized carbons (Fsp3) is 0.800. The van der Waals surface area contributed by atoms with Gasteiger partial charge in [-0.1, -0.05) is 6.92 Å². The van der Waals surface area contributed by atoms with Crippen LogP contribution < -0.4 is 5.32 Å². The van der Waals surface area contributed by atoms with Crippen LogP contribution in [-0.4, -0.2) is 19.2 Å². The van der Waals surface area contributed by atoms with Gasteiger partial charge in [0.2, 0.25) is 0 Å². The summed E-state index contributed by atoms with van der Waals surface area (Å²) in [7, 11) is 0. The lowest BCUT2D eigenvalue weighted by Gasteiger charge is -2.20. The Morgan fingerprint density at radius 2 is 2.50 bits per heavy atom. The van der Waals surface area contributed by atoms with Crippen molar-refractivity contribution in [3.63, 3.8) is 0 Å². The molecule has 70 valence electrons. The van der Waals surface area contributed by atoms with E-state index in [-0.39, 0.29) is 0 Å². The summed E-state index contributed by atoms with van der Waals surface area (Å²) in [6, 6.07) is 0.491. The summed E-state index contributed by atoms with van der Waals surface area (Å²) >= 11 is 0. The topological polar surface area (TPSA) is 21.3 Å². The van der Waals surface area contributed by atoms with Gasteiger partial charge >= 0.3 is 0 Å². The van der Waals surface area contributed by atoms with E-state index in [9.17, 15) is 0 Å². The maximum atomic E-state index is 5.28. The Bertz CT molecular complexity index is 154. The lowest BCUT2D eigenvalue weighted by molar-refractivity contribution is 0.220. The molecule has 0 saturated carbocycles. The summed E-state index contributed by atoms with van der Waals surface area (Å²) in [6.45, 7) is 6.38. The van der Waals surface area contributed by atoms with Gasteiger partial charge in [-0.3, -0.25) is 0 Å². The first-order valence-electron chi connectivity index (χ1n) is 4.88. The summed E-state index contributed by atoms with van der Waals surface area (Å²) in [5, 5.41) is 3.45. The summed E-state index contributed by atoms with van der Waals surface area (Å²) in [4.78, 5) is 0. The predicted octanol–water partition coefficient (Wildman–Crippen LogP) is 2.07. The van der Waals surface area contributed by atoms with E-state index >= 15 is 0 Å². The molecule has 0 aromatic carbocycles. The number of ether oxygens (including phenoxy) is 1. The van der Waals surface area contributed by atoms with Gasteiger partial charge in [-0.25, -0.2) is 0 Å². The normalized spacial score (nSPS) is 19.7. The van der Waals surface area contributed by atoms with Crippen molar-refractivity contribution in [3.8, 4) is 0 Å². The van der Waals surface area contributed by atoms with E-state index in [1.165, 1.54) is 24.8 Å². The van der Waals surface area contributed by atoms with E-state index in [1.54, 1.807) is 0 Å². The van der Waals surface area contributed by atoms with Gasteiger partial charge in [0.05, 0.1) is 12.9 Å². The highest BCUT2D eigenvalue weighted by atomic mass is 16.5. The lowest BCUT2D eigenvalue weighted by atomic mass is 10.0. The minimum atomic E-state index is 0.491. The fourth-order valence-electron chi connectivity index (χ4n) is 1.40. The Balaban J connectivity index is 2.29. The predicted molar refractivity (Wildman–Crippen MR) is 51.0 cm³/mol. The monoisotopic (exact) mass is 169 g/mol. The summed E-state index contributed by atoms with van der Waals surface area (Å²) < 4.78 is 5.28. The van der Waals surface area contributed by atoms with Gasteiger partial charge in [0.25, 0.3) is 0 Å². The van der Waals surface area contributed by atoms with Crippen LogP contribution in [0.15, 0.2) is 11.8 Å². The highest BCUT2D eigenvalue weighted by Crippen LogP contribution is 2.15. The molecule has 0 aliphatic carbocycles. The Morgan fingerprint density at radius 1 is 1.67 bits per heavy atom. The van der Waals surface area contributed by atoms with Crippen molar-refractivity contribution in [3.05, 3.63) is 11.8 Å². The SMILES string of the molecule is CCCNC(C)C1=COCCC1. The second-order valence-electron chi connectivity index (χ2n) is 3.34. The van der Waals surface area contributed by atoms with Gasteiger partial charge < -0.3 is 10.1 Å². The molecule has 0 spiro atoms. The number of nitrogens with one attached hydrogen (secondary N) is 1. The molecule has 0 bridgehead atoms. The van der Waals surface area contributed by atoms with Crippen LogP contribution in [0, 0.1) is 0 Å². The number of hydrogen-bond donors (Lipinski definition) is 1. The minimum absolute atomic E-state index is 0.491. The molecule has 1 aliphatic rings. The molecule has 0 saturated heterocycles. The molecule has 0 aromatic rings. The van der Waals surface area contributed by atoms with Gasteiger partial charge in [-0.2, -0.15) is 0 Å². The van der Waals surface area contributed by atoms with Gasteiger partial charge in [0.15, 0.2) is 0 Å². The van der Waals surface area contributed by atoms with Crippen LogP contribution in [-0.2, 0) is 4.74 Å². The van der Waals surface area contributed by atoms with E-state index in [0.29, 0.717) is 6.04 Å². The van der Waals surface area contributed by atoms with Crippen molar-refractivity contribution in [2.24, 2.45) is 0 Å². The Labute approximate surface area is 75.0 Å². The van der Waals surface area contributed by atoms with Crippen molar-refractivity contribution in [1.29, 1.82) is 0 Å². The van der Waals surface area contributed by atoms with Gasteiger partial charge in [-0.15, -0.1) is 0 Å². The largest absolute Gasteiger partial charge is 0.501 e. The van der Waals surface area contributed by atoms with Crippen molar-refractivity contribution in [2.75, 3.05) is 13.2 Å². The first-order chi connectivity index (χ1) is 5.84. The van der Waals surface area contributed by atoms with Crippen LogP contribution in [0.25, 0.3) is 0 Å². The molecule has 12 heavy (non-hydrogen) atoms. The smallest absolute Gasteiger partial charge is 0.0876 e. The maximum absolute atomic E-state index is 5.28. The first-order valence-corrected chi connectivity index (χ1v) is 4.88. The second kappa shape index (κ2) is 5.20. The average molecular weight is 169 g/mol. The minimum Gasteiger partial charge on any atom is -0.501 e. The van der Waals surface area contributed by atoms with Gasteiger partial charge in [-0.05, 0) is 38.3 Å². The Kier molecular flexibility index (Phi) is 4.15. The van der Waals surface area contributed by atoms with Crippen molar-refractivity contribution in [2.45, 2.75) is 39.2 Å². The molecule has 2 nitrogen and oxygen atoms in total. The van der Waals surface area contributed by atoms with Crippen LogP contribution in [0.3, 0.4) is 0 Å². The fourth-order valence-corrected chi connectivity index (χ4v) is 1.40. The third-order valence-electron chi connectivity index (χ3n) is 2.22. The van der Waals surface area contributed by atoms with Gasteiger partial charge in [0.1, 0.15) is 0 Å². The third kappa shape index (κ3) is 2.86. The standard InChI is InChI=1S/C10H19NO/c1-3-6-11-9(2)10-5-4-7-12-8-10/h8-9,11H,3-7H2,1-2H3. The molecular formula is C10H19NO. The molecule has 1 N–H and O–H groups in total. The zero-order valence-electron chi connectivity index (χ0n) is 8.10. The molecule has 2 heteroatoms.